The predicted octanol–water partition coefficient (Wildman–Crippen LogP) is 3.93. The molecule has 0 aliphatic carbocycles. The Hall–Kier alpha value is -2.29. The molecule has 20 heavy (non-hydrogen) atoms. The zero-order valence-electron chi connectivity index (χ0n) is 11.8. The summed E-state index contributed by atoms with van der Waals surface area (Å²) >= 11 is 0. The van der Waals surface area contributed by atoms with Gasteiger partial charge in [-0.1, -0.05) is 37.3 Å². The van der Waals surface area contributed by atoms with E-state index in [1.54, 1.807) is 12.1 Å². The van der Waals surface area contributed by atoms with Crippen LogP contribution in [-0.4, -0.2) is 19.7 Å². The van der Waals surface area contributed by atoms with Crippen molar-refractivity contribution in [3.05, 3.63) is 54.1 Å². The molecule has 2 rings (SSSR count). The number of ether oxygens (including phenoxy) is 2. The molecule has 0 aliphatic heterocycles. The maximum Gasteiger partial charge on any atom is 0.337 e. The third-order valence-electron chi connectivity index (χ3n) is 2.97. The molecule has 3 heteroatoms. The maximum atomic E-state index is 11.4. The molecular formula is C17H18O3. The molecule has 0 saturated carbocycles. The highest BCUT2D eigenvalue weighted by Gasteiger charge is 2.08. The molecule has 104 valence electrons. The van der Waals surface area contributed by atoms with E-state index in [9.17, 15) is 4.79 Å². The third-order valence-corrected chi connectivity index (χ3v) is 2.97. The van der Waals surface area contributed by atoms with Crippen LogP contribution in [0.3, 0.4) is 0 Å². The van der Waals surface area contributed by atoms with Crippen molar-refractivity contribution < 1.29 is 14.3 Å². The number of carbonyl (C=O) groups excluding carboxylic acids is 1. The summed E-state index contributed by atoms with van der Waals surface area (Å²) in [6.07, 6.45) is 0.968. The van der Waals surface area contributed by atoms with Crippen molar-refractivity contribution in [2.75, 3.05) is 13.7 Å². The van der Waals surface area contributed by atoms with E-state index in [1.807, 2.05) is 36.4 Å². The van der Waals surface area contributed by atoms with E-state index in [1.165, 1.54) is 7.11 Å². The van der Waals surface area contributed by atoms with E-state index >= 15 is 0 Å². The number of esters is 1. The monoisotopic (exact) mass is 270 g/mol. The molecule has 0 N–H and O–H groups in total. The van der Waals surface area contributed by atoms with Gasteiger partial charge in [-0.2, -0.15) is 0 Å². The molecule has 2 aromatic carbocycles. The minimum atomic E-state index is -0.327. The van der Waals surface area contributed by atoms with Gasteiger partial charge in [0, 0.05) is 5.56 Å². The van der Waals surface area contributed by atoms with E-state index in [2.05, 4.69) is 6.92 Å². The van der Waals surface area contributed by atoms with Crippen LogP contribution in [-0.2, 0) is 4.74 Å². The normalized spacial score (nSPS) is 10.1. The summed E-state index contributed by atoms with van der Waals surface area (Å²) in [7, 11) is 1.38. The fraction of sp³-hybridized carbons (Fsp3) is 0.235. The highest BCUT2D eigenvalue weighted by molar-refractivity contribution is 5.90. The van der Waals surface area contributed by atoms with Crippen molar-refractivity contribution in [3.63, 3.8) is 0 Å². The van der Waals surface area contributed by atoms with Crippen LogP contribution in [0.1, 0.15) is 23.7 Å². The van der Waals surface area contributed by atoms with E-state index < -0.39 is 0 Å². The Kier molecular flexibility index (Phi) is 4.77. The minimum Gasteiger partial charge on any atom is -0.493 e. The van der Waals surface area contributed by atoms with E-state index in [4.69, 9.17) is 9.47 Å². The van der Waals surface area contributed by atoms with Gasteiger partial charge in [-0.15, -0.1) is 0 Å². The lowest BCUT2D eigenvalue weighted by Gasteiger charge is -2.11. The molecule has 0 atom stereocenters. The summed E-state index contributed by atoms with van der Waals surface area (Å²) in [5, 5.41) is 0. The molecule has 0 aliphatic rings. The Balaban J connectivity index is 2.29. The van der Waals surface area contributed by atoms with Crippen LogP contribution in [0.4, 0.5) is 0 Å². The molecule has 0 radical (unpaired) electrons. The van der Waals surface area contributed by atoms with Gasteiger partial charge in [0.2, 0.25) is 0 Å². The summed E-state index contributed by atoms with van der Waals surface area (Å²) in [4.78, 5) is 11.4. The third kappa shape index (κ3) is 3.18. The van der Waals surface area contributed by atoms with Crippen molar-refractivity contribution >= 4 is 5.97 Å². The van der Waals surface area contributed by atoms with E-state index in [0.717, 1.165) is 23.3 Å². The van der Waals surface area contributed by atoms with Gasteiger partial charge in [0.05, 0.1) is 19.3 Å². The second-order valence-electron chi connectivity index (χ2n) is 4.41. The minimum absolute atomic E-state index is 0.327. The Bertz CT molecular complexity index is 573. The van der Waals surface area contributed by atoms with Gasteiger partial charge in [0.1, 0.15) is 5.75 Å². The molecule has 0 spiro atoms. The molecule has 3 nitrogen and oxygen atoms in total. The van der Waals surface area contributed by atoms with Crippen molar-refractivity contribution in [3.8, 4) is 16.9 Å². The van der Waals surface area contributed by atoms with Gasteiger partial charge in [0.25, 0.3) is 0 Å². The highest BCUT2D eigenvalue weighted by atomic mass is 16.5. The summed E-state index contributed by atoms with van der Waals surface area (Å²) in [5.41, 5.74) is 2.59. The number of hydrogen-bond acceptors (Lipinski definition) is 3. The van der Waals surface area contributed by atoms with Crippen LogP contribution in [0.5, 0.6) is 5.75 Å². The SMILES string of the molecule is CCCOc1ccccc1-c1ccc(C(=O)OC)cc1. The van der Waals surface area contributed by atoms with Crippen LogP contribution >= 0.6 is 0 Å². The van der Waals surface area contributed by atoms with Gasteiger partial charge < -0.3 is 9.47 Å². The lowest BCUT2D eigenvalue weighted by atomic mass is 10.0. The number of benzene rings is 2. The van der Waals surface area contributed by atoms with Crippen LogP contribution in [0.15, 0.2) is 48.5 Å². The van der Waals surface area contributed by atoms with Crippen molar-refractivity contribution in [2.24, 2.45) is 0 Å². The van der Waals surface area contributed by atoms with Crippen molar-refractivity contribution in [2.45, 2.75) is 13.3 Å². The van der Waals surface area contributed by atoms with Gasteiger partial charge in [-0.25, -0.2) is 4.79 Å². The number of methoxy groups -OCH3 is 1. The summed E-state index contributed by atoms with van der Waals surface area (Å²) in [6, 6.07) is 15.2. The van der Waals surface area contributed by atoms with Gasteiger partial charge >= 0.3 is 5.97 Å². The summed E-state index contributed by atoms with van der Waals surface area (Å²) < 4.78 is 10.4. The number of para-hydroxylation sites is 1. The zero-order valence-corrected chi connectivity index (χ0v) is 11.8. The molecule has 0 saturated heterocycles. The smallest absolute Gasteiger partial charge is 0.337 e. The molecule has 0 aromatic heterocycles. The Morgan fingerprint density at radius 3 is 2.40 bits per heavy atom. The Labute approximate surface area is 119 Å². The molecule has 0 bridgehead atoms. The van der Waals surface area contributed by atoms with Crippen molar-refractivity contribution in [1.82, 2.24) is 0 Å². The molecule has 0 unspecified atom stereocenters. The molecule has 0 fully saturated rings. The first kappa shape index (κ1) is 14.1. The number of hydrogen-bond donors (Lipinski definition) is 0. The fourth-order valence-corrected chi connectivity index (χ4v) is 1.95. The largest absolute Gasteiger partial charge is 0.493 e. The molecular weight excluding hydrogens is 252 g/mol. The van der Waals surface area contributed by atoms with E-state index in [0.29, 0.717) is 12.2 Å². The topological polar surface area (TPSA) is 35.5 Å². The fourth-order valence-electron chi connectivity index (χ4n) is 1.95. The first-order valence-corrected chi connectivity index (χ1v) is 6.67. The first-order chi connectivity index (χ1) is 9.76. The maximum absolute atomic E-state index is 11.4. The molecule has 0 heterocycles. The van der Waals surface area contributed by atoms with E-state index in [-0.39, 0.29) is 5.97 Å². The van der Waals surface area contributed by atoms with Crippen molar-refractivity contribution in [1.29, 1.82) is 0 Å². The Morgan fingerprint density at radius 1 is 1.05 bits per heavy atom. The quantitative estimate of drug-likeness (QED) is 0.772. The van der Waals surface area contributed by atoms with Crippen LogP contribution in [0.25, 0.3) is 11.1 Å². The lowest BCUT2D eigenvalue weighted by Crippen LogP contribution is -2.00. The lowest BCUT2D eigenvalue weighted by molar-refractivity contribution is 0.0601. The standard InChI is InChI=1S/C17H18O3/c1-3-12-20-16-7-5-4-6-15(16)13-8-10-14(11-9-13)17(18)19-2/h4-11H,3,12H2,1-2H3. The highest BCUT2D eigenvalue weighted by Crippen LogP contribution is 2.30. The van der Waals surface area contributed by atoms with Crippen LogP contribution in [0, 0.1) is 0 Å². The van der Waals surface area contributed by atoms with Crippen LogP contribution < -0.4 is 4.74 Å². The number of rotatable bonds is 5. The zero-order chi connectivity index (χ0) is 14.4. The second-order valence-corrected chi connectivity index (χ2v) is 4.41. The van der Waals surface area contributed by atoms with Crippen LogP contribution in [0.2, 0.25) is 0 Å². The molecule has 0 amide bonds. The number of carbonyl (C=O) groups is 1. The average molecular weight is 270 g/mol. The first-order valence-electron chi connectivity index (χ1n) is 6.67. The van der Waals surface area contributed by atoms with Gasteiger partial charge in [-0.05, 0) is 30.2 Å². The average Bonchev–Trinajstić information content (AvgIpc) is 2.52. The second kappa shape index (κ2) is 6.75. The summed E-state index contributed by atoms with van der Waals surface area (Å²) in [5.74, 6) is 0.534. The predicted molar refractivity (Wildman–Crippen MR) is 79.0 cm³/mol. The van der Waals surface area contributed by atoms with Gasteiger partial charge in [-0.3, -0.25) is 0 Å². The summed E-state index contributed by atoms with van der Waals surface area (Å²) in [6.45, 7) is 2.77. The Morgan fingerprint density at radius 2 is 1.75 bits per heavy atom. The van der Waals surface area contributed by atoms with Gasteiger partial charge in [0.15, 0.2) is 0 Å². The molecule has 2 aromatic rings.